The number of benzene rings is 2. The summed E-state index contributed by atoms with van der Waals surface area (Å²) in [5, 5.41) is 0. The first-order valence-electron chi connectivity index (χ1n) is 6.48. The summed E-state index contributed by atoms with van der Waals surface area (Å²) in [7, 11) is 2.03. The average Bonchev–Trinajstić information content (AvgIpc) is 2.46. The molecule has 3 N–H and O–H groups in total. The molecular weight excluding hydrogens is 250 g/mol. The van der Waals surface area contributed by atoms with Crippen molar-refractivity contribution in [1.82, 2.24) is 5.43 Å². The van der Waals surface area contributed by atoms with E-state index in [2.05, 4.69) is 35.4 Å². The molecule has 0 aliphatic carbocycles. The van der Waals surface area contributed by atoms with Crippen molar-refractivity contribution >= 4 is 11.6 Å². The molecular formula is C16H19N3O. The van der Waals surface area contributed by atoms with Crippen LogP contribution in [0.5, 0.6) is 0 Å². The molecule has 104 valence electrons. The highest BCUT2D eigenvalue weighted by molar-refractivity contribution is 5.93. The summed E-state index contributed by atoms with van der Waals surface area (Å²) >= 11 is 0. The van der Waals surface area contributed by atoms with E-state index < -0.39 is 0 Å². The molecule has 4 heteroatoms. The third-order valence-electron chi connectivity index (χ3n) is 3.18. The molecule has 0 saturated carbocycles. The van der Waals surface area contributed by atoms with Crippen LogP contribution in [0.3, 0.4) is 0 Å². The number of nitrogen functional groups attached to an aromatic ring is 1. The third-order valence-corrected chi connectivity index (χ3v) is 3.18. The summed E-state index contributed by atoms with van der Waals surface area (Å²) < 4.78 is 0. The fraction of sp³-hybridized carbons (Fsp3) is 0.188. The van der Waals surface area contributed by atoms with Crippen molar-refractivity contribution < 1.29 is 4.79 Å². The van der Waals surface area contributed by atoms with Crippen molar-refractivity contribution in [3.8, 4) is 0 Å². The van der Waals surface area contributed by atoms with Crippen LogP contribution in [0.25, 0.3) is 0 Å². The first kappa shape index (κ1) is 14.1. The lowest BCUT2D eigenvalue weighted by molar-refractivity contribution is 0.0953. The van der Waals surface area contributed by atoms with E-state index in [1.807, 2.05) is 31.3 Å². The van der Waals surface area contributed by atoms with E-state index in [9.17, 15) is 4.79 Å². The molecule has 0 heterocycles. The Balaban J connectivity index is 2.15. The summed E-state index contributed by atoms with van der Waals surface area (Å²) in [5.41, 5.74) is 6.16. The van der Waals surface area contributed by atoms with E-state index in [-0.39, 0.29) is 5.91 Å². The van der Waals surface area contributed by atoms with Gasteiger partial charge >= 0.3 is 0 Å². The predicted molar refractivity (Wildman–Crippen MR) is 81.4 cm³/mol. The Bertz CT molecular complexity index is 610. The molecule has 1 amide bonds. The lowest BCUT2D eigenvalue weighted by Gasteiger charge is -2.20. The van der Waals surface area contributed by atoms with Crippen molar-refractivity contribution in [2.24, 2.45) is 5.84 Å². The van der Waals surface area contributed by atoms with Crippen molar-refractivity contribution in [3.63, 3.8) is 0 Å². The van der Waals surface area contributed by atoms with Crippen LogP contribution in [0.15, 0.2) is 48.5 Å². The Morgan fingerprint density at radius 3 is 2.65 bits per heavy atom. The molecule has 0 bridgehead atoms. The number of hydrogen-bond donors (Lipinski definition) is 2. The van der Waals surface area contributed by atoms with Gasteiger partial charge < -0.3 is 4.90 Å². The van der Waals surface area contributed by atoms with E-state index in [0.717, 1.165) is 17.8 Å². The normalized spacial score (nSPS) is 10.2. The standard InChI is InChI=1S/C16H19N3O/c1-12-5-3-8-15(9-12)19(2)11-13-6-4-7-14(10-13)16(20)18-17/h3-10H,11,17H2,1-2H3,(H,18,20). The lowest BCUT2D eigenvalue weighted by Crippen LogP contribution is -2.30. The van der Waals surface area contributed by atoms with E-state index in [0.29, 0.717) is 5.56 Å². The van der Waals surface area contributed by atoms with Gasteiger partial charge in [0.15, 0.2) is 0 Å². The van der Waals surface area contributed by atoms with E-state index >= 15 is 0 Å². The molecule has 0 aliphatic heterocycles. The van der Waals surface area contributed by atoms with E-state index in [1.165, 1.54) is 5.56 Å². The molecule has 2 aromatic rings. The zero-order chi connectivity index (χ0) is 14.5. The van der Waals surface area contributed by atoms with Gasteiger partial charge in [0, 0.05) is 24.8 Å². The van der Waals surface area contributed by atoms with Gasteiger partial charge in [0.25, 0.3) is 5.91 Å². The summed E-state index contributed by atoms with van der Waals surface area (Å²) in [6.07, 6.45) is 0. The Hall–Kier alpha value is -2.33. The number of aryl methyl sites for hydroxylation is 1. The van der Waals surface area contributed by atoms with Crippen LogP contribution in [0, 0.1) is 6.92 Å². The van der Waals surface area contributed by atoms with Gasteiger partial charge in [-0.2, -0.15) is 0 Å². The largest absolute Gasteiger partial charge is 0.370 e. The summed E-state index contributed by atoms with van der Waals surface area (Å²) in [6.45, 7) is 2.80. The van der Waals surface area contributed by atoms with Gasteiger partial charge in [-0.05, 0) is 42.3 Å². The monoisotopic (exact) mass is 269 g/mol. The van der Waals surface area contributed by atoms with Gasteiger partial charge in [0.05, 0.1) is 0 Å². The van der Waals surface area contributed by atoms with Crippen LogP contribution in [0.2, 0.25) is 0 Å². The van der Waals surface area contributed by atoms with Gasteiger partial charge in [-0.3, -0.25) is 10.2 Å². The minimum absolute atomic E-state index is 0.273. The molecule has 0 radical (unpaired) electrons. The average molecular weight is 269 g/mol. The highest BCUT2D eigenvalue weighted by Gasteiger charge is 2.06. The number of nitrogens with one attached hydrogen (secondary N) is 1. The Kier molecular flexibility index (Phi) is 4.38. The van der Waals surface area contributed by atoms with Crippen molar-refractivity contribution in [2.75, 3.05) is 11.9 Å². The second-order valence-corrected chi connectivity index (χ2v) is 4.87. The summed E-state index contributed by atoms with van der Waals surface area (Å²) in [4.78, 5) is 13.7. The zero-order valence-electron chi connectivity index (χ0n) is 11.8. The maximum Gasteiger partial charge on any atom is 0.265 e. The highest BCUT2D eigenvalue weighted by Crippen LogP contribution is 2.17. The number of hydrogen-bond acceptors (Lipinski definition) is 3. The van der Waals surface area contributed by atoms with Gasteiger partial charge in [-0.15, -0.1) is 0 Å². The number of nitrogens with two attached hydrogens (primary N) is 1. The number of nitrogens with zero attached hydrogens (tertiary/aromatic N) is 1. The van der Waals surface area contributed by atoms with Crippen LogP contribution in [-0.4, -0.2) is 13.0 Å². The molecule has 0 unspecified atom stereocenters. The first-order chi connectivity index (χ1) is 9.60. The molecule has 0 atom stereocenters. The van der Waals surface area contributed by atoms with Crippen LogP contribution < -0.4 is 16.2 Å². The predicted octanol–water partition coefficient (Wildman–Crippen LogP) is 2.23. The maximum absolute atomic E-state index is 11.5. The van der Waals surface area contributed by atoms with Crippen LogP contribution >= 0.6 is 0 Å². The van der Waals surface area contributed by atoms with Crippen LogP contribution in [-0.2, 0) is 6.54 Å². The van der Waals surface area contributed by atoms with Crippen LogP contribution in [0.4, 0.5) is 5.69 Å². The number of carbonyl (C=O) groups is 1. The number of carbonyl (C=O) groups excluding carboxylic acids is 1. The number of rotatable bonds is 4. The zero-order valence-corrected chi connectivity index (χ0v) is 11.8. The third kappa shape index (κ3) is 3.36. The lowest BCUT2D eigenvalue weighted by atomic mass is 10.1. The number of hydrazine groups is 1. The smallest absolute Gasteiger partial charge is 0.265 e. The van der Waals surface area contributed by atoms with Crippen molar-refractivity contribution in [1.29, 1.82) is 0 Å². The van der Waals surface area contributed by atoms with Gasteiger partial charge in [0.1, 0.15) is 0 Å². The molecule has 20 heavy (non-hydrogen) atoms. The fourth-order valence-electron chi connectivity index (χ4n) is 2.12. The highest BCUT2D eigenvalue weighted by atomic mass is 16.2. The minimum Gasteiger partial charge on any atom is -0.370 e. The topological polar surface area (TPSA) is 58.4 Å². The Morgan fingerprint density at radius 2 is 1.95 bits per heavy atom. The van der Waals surface area contributed by atoms with Gasteiger partial charge in [0.2, 0.25) is 0 Å². The minimum atomic E-state index is -0.273. The SMILES string of the molecule is Cc1cccc(N(C)Cc2cccc(C(=O)NN)c2)c1. The molecule has 2 rings (SSSR count). The molecule has 0 saturated heterocycles. The van der Waals surface area contributed by atoms with Crippen molar-refractivity contribution in [3.05, 3.63) is 65.2 Å². The molecule has 0 fully saturated rings. The maximum atomic E-state index is 11.5. The molecule has 0 aromatic heterocycles. The molecule has 4 nitrogen and oxygen atoms in total. The molecule has 0 aliphatic rings. The number of anilines is 1. The quantitative estimate of drug-likeness (QED) is 0.508. The Labute approximate surface area is 119 Å². The second kappa shape index (κ2) is 6.21. The van der Waals surface area contributed by atoms with Crippen LogP contribution in [0.1, 0.15) is 21.5 Å². The number of amides is 1. The Morgan fingerprint density at radius 1 is 1.20 bits per heavy atom. The fourth-order valence-corrected chi connectivity index (χ4v) is 2.12. The summed E-state index contributed by atoms with van der Waals surface area (Å²) in [5.74, 6) is 4.88. The molecule has 2 aromatic carbocycles. The summed E-state index contributed by atoms with van der Waals surface area (Å²) in [6, 6.07) is 15.8. The first-order valence-corrected chi connectivity index (χ1v) is 6.48. The van der Waals surface area contributed by atoms with Gasteiger partial charge in [-0.1, -0.05) is 24.3 Å². The van der Waals surface area contributed by atoms with E-state index in [4.69, 9.17) is 5.84 Å². The van der Waals surface area contributed by atoms with Gasteiger partial charge in [-0.25, -0.2) is 5.84 Å². The second-order valence-electron chi connectivity index (χ2n) is 4.87. The molecule has 0 spiro atoms. The van der Waals surface area contributed by atoms with Crippen molar-refractivity contribution in [2.45, 2.75) is 13.5 Å². The van der Waals surface area contributed by atoms with E-state index in [1.54, 1.807) is 6.07 Å².